The van der Waals surface area contributed by atoms with Gasteiger partial charge in [0, 0.05) is 12.6 Å². The van der Waals surface area contributed by atoms with E-state index in [2.05, 4.69) is 11.4 Å². The third-order valence-electron chi connectivity index (χ3n) is 3.16. The Balaban J connectivity index is 2.06. The van der Waals surface area contributed by atoms with Crippen LogP contribution < -0.4 is 19.5 Å². The van der Waals surface area contributed by atoms with Gasteiger partial charge in [-0.15, -0.1) is 0 Å². The molecule has 0 bridgehead atoms. The lowest BCUT2D eigenvalue weighted by Gasteiger charge is -2.14. The molecule has 2 aromatic carbocycles. The number of benzene rings is 2. The zero-order valence-electron chi connectivity index (χ0n) is 13.6. The Morgan fingerprint density at radius 1 is 0.955 bits per heavy atom. The molecule has 0 atom stereocenters. The van der Waals surface area contributed by atoms with Crippen LogP contribution in [0.3, 0.4) is 0 Å². The zero-order valence-corrected chi connectivity index (χ0v) is 13.6. The van der Waals surface area contributed by atoms with Crippen molar-refractivity contribution < 1.29 is 14.2 Å². The molecule has 0 unspecified atom stereocenters. The van der Waals surface area contributed by atoms with Crippen LogP contribution in [0.1, 0.15) is 19.4 Å². The normalized spacial score (nSPS) is 10.4. The SMILES string of the molecule is COc1ccc(NCc2cccc(OC(C)C)c2)c(OC)c1. The lowest BCUT2D eigenvalue weighted by molar-refractivity contribution is 0.242. The molecule has 22 heavy (non-hydrogen) atoms. The Morgan fingerprint density at radius 2 is 1.77 bits per heavy atom. The number of nitrogens with one attached hydrogen (secondary N) is 1. The highest BCUT2D eigenvalue weighted by atomic mass is 16.5. The van der Waals surface area contributed by atoms with Crippen LogP contribution in [0.2, 0.25) is 0 Å². The quantitative estimate of drug-likeness (QED) is 0.835. The lowest BCUT2D eigenvalue weighted by Crippen LogP contribution is -2.06. The Morgan fingerprint density at radius 3 is 2.45 bits per heavy atom. The standard InChI is InChI=1S/C18H23NO3/c1-13(2)22-16-7-5-6-14(10-16)12-19-17-9-8-15(20-3)11-18(17)21-4/h5-11,13,19H,12H2,1-4H3. The van der Waals surface area contributed by atoms with E-state index in [0.29, 0.717) is 6.54 Å². The maximum Gasteiger partial charge on any atom is 0.145 e. The molecule has 0 spiro atoms. The van der Waals surface area contributed by atoms with Gasteiger partial charge in [-0.1, -0.05) is 12.1 Å². The fourth-order valence-corrected chi connectivity index (χ4v) is 2.14. The minimum atomic E-state index is 0.171. The van der Waals surface area contributed by atoms with Gasteiger partial charge in [0.1, 0.15) is 17.2 Å². The van der Waals surface area contributed by atoms with Crippen molar-refractivity contribution in [1.82, 2.24) is 0 Å². The Bertz CT molecular complexity index is 611. The summed E-state index contributed by atoms with van der Waals surface area (Å²) in [7, 11) is 3.29. The van der Waals surface area contributed by atoms with E-state index in [1.165, 1.54) is 0 Å². The van der Waals surface area contributed by atoms with Gasteiger partial charge in [-0.3, -0.25) is 0 Å². The minimum absolute atomic E-state index is 0.171. The molecule has 4 nitrogen and oxygen atoms in total. The molecule has 0 fully saturated rings. The summed E-state index contributed by atoms with van der Waals surface area (Å²) in [5.74, 6) is 2.42. The predicted molar refractivity (Wildman–Crippen MR) is 89.1 cm³/mol. The van der Waals surface area contributed by atoms with Crippen molar-refractivity contribution in [2.24, 2.45) is 0 Å². The second kappa shape index (κ2) is 7.59. The summed E-state index contributed by atoms with van der Waals surface area (Å²) in [5.41, 5.74) is 2.08. The molecule has 4 heteroatoms. The number of ether oxygens (including phenoxy) is 3. The highest BCUT2D eigenvalue weighted by molar-refractivity contribution is 5.59. The van der Waals surface area contributed by atoms with Crippen LogP contribution in [0.25, 0.3) is 0 Å². The summed E-state index contributed by atoms with van der Waals surface area (Å²) in [6.45, 7) is 4.73. The summed E-state index contributed by atoms with van der Waals surface area (Å²) in [5, 5.41) is 3.38. The molecule has 2 aromatic rings. The number of hydrogen-bond acceptors (Lipinski definition) is 4. The Kier molecular flexibility index (Phi) is 5.53. The average molecular weight is 301 g/mol. The summed E-state index contributed by atoms with van der Waals surface area (Å²) in [4.78, 5) is 0. The molecule has 0 amide bonds. The number of rotatable bonds is 7. The molecule has 0 aliphatic heterocycles. The second-order valence-corrected chi connectivity index (χ2v) is 5.23. The van der Waals surface area contributed by atoms with Gasteiger partial charge in [0.05, 0.1) is 26.0 Å². The van der Waals surface area contributed by atoms with Crippen LogP contribution in [0, 0.1) is 0 Å². The van der Waals surface area contributed by atoms with E-state index in [0.717, 1.165) is 28.5 Å². The molecular formula is C18H23NO3. The van der Waals surface area contributed by atoms with E-state index in [-0.39, 0.29) is 6.10 Å². The van der Waals surface area contributed by atoms with Crippen LogP contribution >= 0.6 is 0 Å². The van der Waals surface area contributed by atoms with Gasteiger partial charge in [0.2, 0.25) is 0 Å². The second-order valence-electron chi connectivity index (χ2n) is 5.23. The maximum absolute atomic E-state index is 5.71. The molecule has 0 heterocycles. The van der Waals surface area contributed by atoms with Gasteiger partial charge in [0.25, 0.3) is 0 Å². The third-order valence-corrected chi connectivity index (χ3v) is 3.16. The first-order valence-electron chi connectivity index (χ1n) is 7.34. The van der Waals surface area contributed by atoms with Crippen molar-refractivity contribution in [3.63, 3.8) is 0 Å². The maximum atomic E-state index is 5.71. The van der Waals surface area contributed by atoms with Gasteiger partial charge in [0.15, 0.2) is 0 Å². The first kappa shape index (κ1) is 16.0. The van der Waals surface area contributed by atoms with Crippen molar-refractivity contribution >= 4 is 5.69 Å². The summed E-state index contributed by atoms with van der Waals surface area (Å²) in [6.07, 6.45) is 0.171. The fraction of sp³-hybridized carbons (Fsp3) is 0.333. The van der Waals surface area contributed by atoms with Crippen LogP contribution in [-0.4, -0.2) is 20.3 Å². The Labute approximate surface area is 132 Å². The zero-order chi connectivity index (χ0) is 15.9. The van der Waals surface area contributed by atoms with Crippen molar-refractivity contribution in [3.05, 3.63) is 48.0 Å². The van der Waals surface area contributed by atoms with Crippen molar-refractivity contribution in [3.8, 4) is 17.2 Å². The molecule has 0 aliphatic carbocycles. The van der Waals surface area contributed by atoms with Crippen molar-refractivity contribution in [1.29, 1.82) is 0 Å². The van der Waals surface area contributed by atoms with Gasteiger partial charge in [-0.05, 0) is 43.7 Å². The third kappa shape index (κ3) is 4.32. The van der Waals surface area contributed by atoms with Gasteiger partial charge < -0.3 is 19.5 Å². The van der Waals surface area contributed by atoms with Crippen LogP contribution in [0.4, 0.5) is 5.69 Å². The molecule has 0 aromatic heterocycles. The minimum Gasteiger partial charge on any atom is -0.497 e. The summed E-state index contributed by atoms with van der Waals surface area (Å²) < 4.78 is 16.3. The van der Waals surface area contributed by atoms with E-state index in [9.17, 15) is 0 Å². The molecule has 2 rings (SSSR count). The molecular weight excluding hydrogens is 278 g/mol. The monoisotopic (exact) mass is 301 g/mol. The largest absolute Gasteiger partial charge is 0.497 e. The highest BCUT2D eigenvalue weighted by Gasteiger charge is 2.05. The molecule has 118 valence electrons. The smallest absolute Gasteiger partial charge is 0.145 e. The first-order chi connectivity index (χ1) is 10.6. The molecule has 1 N–H and O–H groups in total. The topological polar surface area (TPSA) is 39.7 Å². The summed E-state index contributed by atoms with van der Waals surface area (Å²) in [6, 6.07) is 13.8. The van der Waals surface area contributed by atoms with E-state index >= 15 is 0 Å². The predicted octanol–water partition coefficient (Wildman–Crippen LogP) is 4.10. The van der Waals surface area contributed by atoms with Gasteiger partial charge >= 0.3 is 0 Å². The molecule has 0 aliphatic rings. The van der Waals surface area contributed by atoms with E-state index in [1.807, 2.05) is 50.2 Å². The number of methoxy groups -OCH3 is 2. The van der Waals surface area contributed by atoms with E-state index < -0.39 is 0 Å². The van der Waals surface area contributed by atoms with Gasteiger partial charge in [-0.2, -0.15) is 0 Å². The van der Waals surface area contributed by atoms with Crippen LogP contribution in [-0.2, 0) is 6.54 Å². The lowest BCUT2D eigenvalue weighted by atomic mass is 10.2. The molecule has 0 radical (unpaired) electrons. The summed E-state index contributed by atoms with van der Waals surface area (Å²) >= 11 is 0. The van der Waals surface area contributed by atoms with Crippen molar-refractivity contribution in [2.75, 3.05) is 19.5 Å². The highest BCUT2D eigenvalue weighted by Crippen LogP contribution is 2.29. The van der Waals surface area contributed by atoms with Crippen molar-refractivity contribution in [2.45, 2.75) is 26.5 Å². The van der Waals surface area contributed by atoms with Crippen LogP contribution in [0.5, 0.6) is 17.2 Å². The van der Waals surface area contributed by atoms with E-state index in [1.54, 1.807) is 14.2 Å². The van der Waals surface area contributed by atoms with Crippen LogP contribution in [0.15, 0.2) is 42.5 Å². The number of hydrogen-bond donors (Lipinski definition) is 1. The fourth-order valence-electron chi connectivity index (χ4n) is 2.14. The van der Waals surface area contributed by atoms with E-state index in [4.69, 9.17) is 14.2 Å². The first-order valence-corrected chi connectivity index (χ1v) is 7.34. The molecule has 0 saturated heterocycles. The van der Waals surface area contributed by atoms with Gasteiger partial charge in [-0.25, -0.2) is 0 Å². The Hall–Kier alpha value is -2.36. The average Bonchev–Trinajstić information content (AvgIpc) is 2.52. The number of anilines is 1. The molecule has 0 saturated carbocycles.